The van der Waals surface area contributed by atoms with Gasteiger partial charge < -0.3 is 5.73 Å². The van der Waals surface area contributed by atoms with E-state index in [4.69, 9.17) is 5.73 Å². The maximum absolute atomic E-state index is 5.72. The van der Waals surface area contributed by atoms with Gasteiger partial charge in [0.05, 0.1) is 0 Å². The first-order chi connectivity index (χ1) is 6.98. The molecule has 1 aromatic carbocycles. The van der Waals surface area contributed by atoms with Gasteiger partial charge in [0.15, 0.2) is 0 Å². The van der Waals surface area contributed by atoms with E-state index in [1.165, 1.54) is 30.4 Å². The number of benzene rings is 1. The van der Waals surface area contributed by atoms with Gasteiger partial charge in [-0.1, -0.05) is 40.2 Å². The summed E-state index contributed by atoms with van der Waals surface area (Å²) >= 11 is 0. The molecule has 0 aromatic heterocycles. The Morgan fingerprint density at radius 2 is 1.67 bits per heavy atom. The molecule has 84 valence electrons. The summed E-state index contributed by atoms with van der Waals surface area (Å²) in [5.74, 6) is 0. The summed E-state index contributed by atoms with van der Waals surface area (Å²) in [6.45, 7) is 8.87. The Hall–Kier alpha value is -0.980. The van der Waals surface area contributed by atoms with E-state index in [1.807, 2.05) is 6.07 Å². The van der Waals surface area contributed by atoms with Gasteiger partial charge in [-0.25, -0.2) is 0 Å². The number of anilines is 1. The highest BCUT2D eigenvalue weighted by Gasteiger charge is 2.27. The van der Waals surface area contributed by atoms with Crippen LogP contribution in [0.2, 0.25) is 0 Å². The molecule has 1 aliphatic rings. The predicted octanol–water partition coefficient (Wildman–Crippen LogP) is 3.81. The normalized spacial score (nSPS) is 16.5. The summed E-state index contributed by atoms with van der Waals surface area (Å²) in [5, 5.41) is 0. The van der Waals surface area contributed by atoms with E-state index in [0.717, 1.165) is 5.69 Å². The summed E-state index contributed by atoms with van der Waals surface area (Å²) in [6.07, 6.45) is 3.62. The van der Waals surface area contributed by atoms with Gasteiger partial charge in [-0.05, 0) is 41.5 Å². The van der Waals surface area contributed by atoms with E-state index in [1.54, 1.807) is 0 Å². The quantitative estimate of drug-likeness (QED) is 0.640. The Labute approximate surface area is 93.7 Å². The molecule has 0 spiro atoms. The Bertz CT molecular complexity index is 326. The van der Waals surface area contributed by atoms with Crippen LogP contribution in [0, 0.1) is 5.41 Å². The number of nitrogen functional groups attached to an aromatic ring is 1. The van der Waals surface area contributed by atoms with Crippen LogP contribution >= 0.6 is 0 Å². The van der Waals surface area contributed by atoms with Crippen LogP contribution in [0.3, 0.4) is 0 Å². The average Bonchev–Trinajstić information content (AvgIpc) is 2.39. The molecule has 1 heteroatoms. The zero-order valence-corrected chi connectivity index (χ0v) is 10.4. The first-order valence-corrected chi connectivity index (χ1v) is 5.86. The monoisotopic (exact) mass is 205 g/mol. The lowest BCUT2D eigenvalue weighted by molar-refractivity contribution is 0.392. The molecule has 1 aromatic rings. The molecule has 0 fully saturated rings. The average molecular weight is 205 g/mol. The lowest BCUT2D eigenvalue weighted by Crippen LogP contribution is -2.09. The molecule has 0 radical (unpaired) electrons. The Morgan fingerprint density at radius 3 is 2.27 bits per heavy atom. The SMILES string of the molecule is CC1(C)Cc2ccc(N)cc2C1.CCC. The molecule has 0 amide bonds. The summed E-state index contributed by atoms with van der Waals surface area (Å²) in [4.78, 5) is 0. The van der Waals surface area contributed by atoms with Gasteiger partial charge in [0, 0.05) is 5.69 Å². The molecular weight excluding hydrogens is 182 g/mol. The fraction of sp³-hybridized carbons (Fsp3) is 0.571. The standard InChI is InChI=1S/C11H15N.C3H8/c1-11(2)6-8-3-4-10(12)5-9(8)7-11;1-3-2/h3-5H,6-7,12H2,1-2H3;3H2,1-2H3. The van der Waals surface area contributed by atoms with E-state index in [-0.39, 0.29) is 0 Å². The fourth-order valence-corrected chi connectivity index (χ4v) is 2.08. The van der Waals surface area contributed by atoms with Crippen molar-refractivity contribution in [2.24, 2.45) is 5.41 Å². The van der Waals surface area contributed by atoms with Crippen LogP contribution in [0.25, 0.3) is 0 Å². The molecule has 0 atom stereocenters. The van der Waals surface area contributed by atoms with Crippen LogP contribution in [-0.4, -0.2) is 0 Å². The molecule has 2 N–H and O–H groups in total. The minimum Gasteiger partial charge on any atom is -0.399 e. The van der Waals surface area contributed by atoms with Crippen LogP contribution < -0.4 is 5.73 Å². The maximum Gasteiger partial charge on any atom is 0.0316 e. The molecule has 1 nitrogen and oxygen atoms in total. The fourth-order valence-electron chi connectivity index (χ4n) is 2.08. The highest BCUT2D eigenvalue weighted by Crippen LogP contribution is 2.36. The van der Waals surface area contributed by atoms with Crippen molar-refractivity contribution in [3.05, 3.63) is 29.3 Å². The molecule has 0 heterocycles. The van der Waals surface area contributed by atoms with E-state index in [2.05, 4.69) is 39.8 Å². The maximum atomic E-state index is 5.72. The summed E-state index contributed by atoms with van der Waals surface area (Å²) in [7, 11) is 0. The topological polar surface area (TPSA) is 26.0 Å². The second kappa shape index (κ2) is 4.69. The Morgan fingerprint density at radius 1 is 1.13 bits per heavy atom. The van der Waals surface area contributed by atoms with E-state index in [0.29, 0.717) is 5.41 Å². The van der Waals surface area contributed by atoms with Crippen LogP contribution in [-0.2, 0) is 12.8 Å². The van der Waals surface area contributed by atoms with E-state index in [9.17, 15) is 0 Å². The number of nitrogens with two attached hydrogens (primary N) is 1. The van der Waals surface area contributed by atoms with Crippen molar-refractivity contribution in [2.75, 3.05) is 5.73 Å². The molecule has 0 saturated heterocycles. The van der Waals surface area contributed by atoms with Crippen molar-refractivity contribution in [3.8, 4) is 0 Å². The zero-order chi connectivity index (χ0) is 11.5. The molecule has 2 rings (SSSR count). The Kier molecular flexibility index (Phi) is 3.78. The second-order valence-corrected chi connectivity index (χ2v) is 5.25. The Balaban J connectivity index is 0.000000337. The van der Waals surface area contributed by atoms with Crippen molar-refractivity contribution >= 4 is 5.69 Å². The van der Waals surface area contributed by atoms with Crippen molar-refractivity contribution < 1.29 is 0 Å². The third kappa shape index (κ3) is 3.26. The number of rotatable bonds is 0. The lowest BCUT2D eigenvalue weighted by atomic mass is 9.90. The van der Waals surface area contributed by atoms with Crippen molar-refractivity contribution in [1.29, 1.82) is 0 Å². The molecule has 1 aliphatic carbocycles. The summed E-state index contributed by atoms with van der Waals surface area (Å²) in [5.41, 5.74) is 9.98. The van der Waals surface area contributed by atoms with Crippen LogP contribution in [0.4, 0.5) is 5.69 Å². The molecule has 0 bridgehead atoms. The zero-order valence-electron chi connectivity index (χ0n) is 10.4. The van der Waals surface area contributed by atoms with Crippen LogP contribution in [0.15, 0.2) is 18.2 Å². The first-order valence-electron chi connectivity index (χ1n) is 5.86. The highest BCUT2D eigenvalue weighted by molar-refractivity contribution is 5.47. The summed E-state index contributed by atoms with van der Waals surface area (Å²) < 4.78 is 0. The van der Waals surface area contributed by atoms with E-state index >= 15 is 0 Å². The van der Waals surface area contributed by atoms with Gasteiger partial charge in [0.2, 0.25) is 0 Å². The minimum atomic E-state index is 0.441. The van der Waals surface area contributed by atoms with Gasteiger partial charge in [0.25, 0.3) is 0 Å². The van der Waals surface area contributed by atoms with Crippen molar-refractivity contribution in [1.82, 2.24) is 0 Å². The molecule has 15 heavy (non-hydrogen) atoms. The molecular formula is C14H23N. The van der Waals surface area contributed by atoms with Gasteiger partial charge in [-0.2, -0.15) is 0 Å². The second-order valence-electron chi connectivity index (χ2n) is 5.25. The van der Waals surface area contributed by atoms with Gasteiger partial charge in [-0.15, -0.1) is 0 Å². The highest BCUT2D eigenvalue weighted by atomic mass is 14.5. The smallest absolute Gasteiger partial charge is 0.0316 e. The first kappa shape index (κ1) is 12.1. The van der Waals surface area contributed by atoms with Crippen molar-refractivity contribution in [3.63, 3.8) is 0 Å². The summed E-state index contributed by atoms with van der Waals surface area (Å²) in [6, 6.07) is 6.28. The molecule has 0 unspecified atom stereocenters. The minimum absolute atomic E-state index is 0.441. The van der Waals surface area contributed by atoms with Gasteiger partial charge in [-0.3, -0.25) is 0 Å². The van der Waals surface area contributed by atoms with Crippen LogP contribution in [0.5, 0.6) is 0 Å². The lowest BCUT2D eigenvalue weighted by Gasteiger charge is -2.14. The van der Waals surface area contributed by atoms with Crippen LogP contribution in [0.1, 0.15) is 45.2 Å². The number of hydrogen-bond donors (Lipinski definition) is 1. The van der Waals surface area contributed by atoms with E-state index < -0.39 is 0 Å². The molecule has 0 saturated carbocycles. The third-order valence-electron chi connectivity index (χ3n) is 2.57. The van der Waals surface area contributed by atoms with Gasteiger partial charge in [0.1, 0.15) is 0 Å². The third-order valence-corrected chi connectivity index (χ3v) is 2.57. The van der Waals surface area contributed by atoms with Gasteiger partial charge >= 0.3 is 0 Å². The van der Waals surface area contributed by atoms with Crippen molar-refractivity contribution in [2.45, 2.75) is 47.0 Å². The molecule has 0 aliphatic heterocycles. The number of hydrogen-bond acceptors (Lipinski definition) is 1. The number of fused-ring (bicyclic) bond motifs is 1. The largest absolute Gasteiger partial charge is 0.399 e. The predicted molar refractivity (Wildman–Crippen MR) is 68.0 cm³/mol.